The van der Waals surface area contributed by atoms with Gasteiger partial charge in [-0.15, -0.1) is 0 Å². The van der Waals surface area contributed by atoms with E-state index in [0.717, 1.165) is 18.9 Å². The summed E-state index contributed by atoms with van der Waals surface area (Å²) in [5.41, 5.74) is 0.685. The highest BCUT2D eigenvalue weighted by Crippen LogP contribution is 2.28. The first-order valence-electron chi connectivity index (χ1n) is 9.45. The van der Waals surface area contributed by atoms with Crippen LogP contribution < -0.4 is 14.5 Å². The van der Waals surface area contributed by atoms with Gasteiger partial charge in [0.1, 0.15) is 11.6 Å². The quantitative estimate of drug-likeness (QED) is 0.766. The Morgan fingerprint density at radius 1 is 1.07 bits per heavy atom. The van der Waals surface area contributed by atoms with Gasteiger partial charge < -0.3 is 19.4 Å². The Balaban J connectivity index is 1.56. The summed E-state index contributed by atoms with van der Waals surface area (Å²) < 4.78 is 5.35. The highest BCUT2D eigenvalue weighted by atomic mass is 16.5. The molecule has 3 rings (SSSR count). The Bertz CT molecular complexity index is 804. The number of ether oxygens (including phenoxy) is 1. The third kappa shape index (κ3) is 4.60. The van der Waals surface area contributed by atoms with Crippen molar-refractivity contribution in [3.8, 4) is 5.75 Å². The van der Waals surface area contributed by atoms with Crippen LogP contribution in [0.1, 0.15) is 13.3 Å². The zero-order valence-electron chi connectivity index (χ0n) is 16.4. The summed E-state index contributed by atoms with van der Waals surface area (Å²) in [6.07, 6.45) is 2.06. The molecule has 1 fully saturated rings. The van der Waals surface area contributed by atoms with E-state index in [0.29, 0.717) is 31.1 Å². The minimum atomic E-state index is -0.114. The van der Waals surface area contributed by atoms with Gasteiger partial charge in [0.2, 0.25) is 11.8 Å². The molecule has 2 aromatic rings. The van der Waals surface area contributed by atoms with Gasteiger partial charge in [-0.05, 0) is 24.3 Å². The molecular weight excluding hydrogens is 356 g/mol. The Hall–Kier alpha value is -3.09. The van der Waals surface area contributed by atoms with Crippen LogP contribution in [0.5, 0.6) is 5.75 Å². The number of piperazine rings is 1. The van der Waals surface area contributed by atoms with Crippen molar-refractivity contribution in [2.24, 2.45) is 0 Å². The normalized spacial score (nSPS) is 13.9. The fourth-order valence-electron chi connectivity index (χ4n) is 3.39. The number of para-hydroxylation sites is 2. The molecule has 1 saturated heterocycles. The monoisotopic (exact) mass is 382 g/mol. The Morgan fingerprint density at radius 3 is 2.43 bits per heavy atom. The van der Waals surface area contributed by atoms with Crippen LogP contribution in [-0.4, -0.2) is 61.5 Å². The largest absolute Gasteiger partial charge is 0.495 e. The van der Waals surface area contributed by atoms with Crippen LogP contribution in [0.15, 0.2) is 48.7 Å². The van der Waals surface area contributed by atoms with Crippen molar-refractivity contribution in [3.05, 3.63) is 48.7 Å². The number of nitrogens with zero attached hydrogens (tertiary/aromatic N) is 4. The summed E-state index contributed by atoms with van der Waals surface area (Å²) in [4.78, 5) is 34.8. The topological polar surface area (TPSA) is 66.0 Å². The average molecular weight is 382 g/mol. The lowest BCUT2D eigenvalue weighted by molar-refractivity contribution is -0.131. The van der Waals surface area contributed by atoms with Gasteiger partial charge >= 0.3 is 0 Å². The smallest absolute Gasteiger partial charge is 0.224 e. The van der Waals surface area contributed by atoms with Gasteiger partial charge in [-0.2, -0.15) is 0 Å². The predicted octanol–water partition coefficient (Wildman–Crippen LogP) is 2.18. The number of hydrogen-bond donors (Lipinski definition) is 0. The van der Waals surface area contributed by atoms with E-state index in [1.807, 2.05) is 47.4 Å². The maximum absolute atomic E-state index is 12.7. The van der Waals surface area contributed by atoms with Gasteiger partial charge in [-0.1, -0.05) is 18.2 Å². The third-order valence-electron chi connectivity index (χ3n) is 4.91. The van der Waals surface area contributed by atoms with E-state index < -0.39 is 0 Å². The van der Waals surface area contributed by atoms with Crippen molar-refractivity contribution in [2.45, 2.75) is 13.3 Å². The van der Waals surface area contributed by atoms with E-state index in [1.165, 1.54) is 6.92 Å². The molecular formula is C21H26N4O3. The Kier molecular flexibility index (Phi) is 6.47. The molecule has 0 aliphatic carbocycles. The fraction of sp³-hybridized carbons (Fsp3) is 0.381. The molecule has 0 unspecified atom stereocenters. The van der Waals surface area contributed by atoms with E-state index in [4.69, 9.17) is 4.74 Å². The van der Waals surface area contributed by atoms with Gasteiger partial charge in [0, 0.05) is 52.3 Å². The van der Waals surface area contributed by atoms with E-state index >= 15 is 0 Å². The second-order valence-corrected chi connectivity index (χ2v) is 6.65. The number of hydrogen-bond acceptors (Lipinski definition) is 5. The van der Waals surface area contributed by atoms with Gasteiger partial charge in [-0.3, -0.25) is 9.59 Å². The first-order valence-corrected chi connectivity index (χ1v) is 9.45. The molecule has 7 nitrogen and oxygen atoms in total. The molecule has 1 aromatic carbocycles. The van der Waals surface area contributed by atoms with Crippen LogP contribution in [0, 0.1) is 0 Å². The van der Waals surface area contributed by atoms with Gasteiger partial charge in [-0.25, -0.2) is 4.98 Å². The van der Waals surface area contributed by atoms with E-state index in [1.54, 1.807) is 18.2 Å². The molecule has 2 amide bonds. The maximum atomic E-state index is 12.7. The molecule has 148 valence electrons. The summed E-state index contributed by atoms with van der Waals surface area (Å²) in [7, 11) is 1.57. The predicted molar refractivity (Wildman–Crippen MR) is 109 cm³/mol. The first-order chi connectivity index (χ1) is 13.6. The highest BCUT2D eigenvalue weighted by molar-refractivity contribution is 5.93. The third-order valence-corrected chi connectivity index (χ3v) is 4.91. The molecule has 7 heteroatoms. The summed E-state index contributed by atoms with van der Waals surface area (Å²) in [6.45, 7) is 4.66. The van der Waals surface area contributed by atoms with Crippen LogP contribution in [-0.2, 0) is 9.59 Å². The van der Waals surface area contributed by atoms with Crippen molar-refractivity contribution >= 4 is 23.3 Å². The molecule has 0 atom stereocenters. The van der Waals surface area contributed by atoms with Crippen molar-refractivity contribution < 1.29 is 14.3 Å². The van der Waals surface area contributed by atoms with Crippen molar-refractivity contribution in [1.82, 2.24) is 9.88 Å². The summed E-state index contributed by atoms with van der Waals surface area (Å²) in [5.74, 6) is 1.50. The molecule has 1 aromatic heterocycles. The van der Waals surface area contributed by atoms with Crippen LogP contribution >= 0.6 is 0 Å². The van der Waals surface area contributed by atoms with Gasteiger partial charge in [0.15, 0.2) is 0 Å². The number of carbonyl (C=O) groups excluding carboxylic acids is 2. The maximum Gasteiger partial charge on any atom is 0.224 e. The van der Waals surface area contributed by atoms with E-state index in [2.05, 4.69) is 9.88 Å². The number of carbonyl (C=O) groups is 2. The lowest BCUT2D eigenvalue weighted by atomic mass is 10.2. The Morgan fingerprint density at radius 2 is 1.79 bits per heavy atom. The molecule has 0 radical (unpaired) electrons. The van der Waals surface area contributed by atoms with E-state index in [9.17, 15) is 9.59 Å². The molecule has 1 aliphatic heterocycles. The van der Waals surface area contributed by atoms with Crippen molar-refractivity contribution in [2.75, 3.05) is 49.6 Å². The Labute approximate surface area is 165 Å². The molecule has 0 spiro atoms. The number of aromatic nitrogens is 1. The number of anilines is 2. The minimum absolute atomic E-state index is 0.0572. The fourth-order valence-corrected chi connectivity index (χ4v) is 3.39. The van der Waals surface area contributed by atoms with Crippen LogP contribution in [0.4, 0.5) is 11.5 Å². The molecule has 1 aliphatic rings. The standard InChI is InChI=1S/C21H26N4O3/c1-17(26)25(18-7-3-4-8-19(18)28-2)12-10-21(27)24-15-13-23(14-16-24)20-9-5-6-11-22-20/h3-9,11H,10,12-16H2,1-2H3. The summed E-state index contributed by atoms with van der Waals surface area (Å²) >= 11 is 0. The van der Waals surface area contributed by atoms with Crippen LogP contribution in [0.2, 0.25) is 0 Å². The second kappa shape index (κ2) is 9.21. The molecule has 28 heavy (non-hydrogen) atoms. The van der Waals surface area contributed by atoms with Crippen molar-refractivity contribution in [1.29, 1.82) is 0 Å². The second-order valence-electron chi connectivity index (χ2n) is 6.65. The minimum Gasteiger partial charge on any atom is -0.495 e. The highest BCUT2D eigenvalue weighted by Gasteiger charge is 2.23. The number of pyridine rings is 1. The van der Waals surface area contributed by atoms with Gasteiger partial charge in [0.25, 0.3) is 0 Å². The van der Waals surface area contributed by atoms with Gasteiger partial charge in [0.05, 0.1) is 12.8 Å². The van der Waals surface area contributed by atoms with E-state index in [-0.39, 0.29) is 18.2 Å². The molecule has 2 heterocycles. The molecule has 0 N–H and O–H groups in total. The lowest BCUT2D eigenvalue weighted by Crippen LogP contribution is -2.49. The first kappa shape index (κ1) is 19.7. The average Bonchev–Trinajstić information content (AvgIpc) is 2.74. The molecule has 0 saturated carbocycles. The number of rotatable bonds is 6. The lowest BCUT2D eigenvalue weighted by Gasteiger charge is -2.35. The summed E-state index contributed by atoms with van der Waals surface area (Å²) in [6, 6.07) is 13.2. The molecule has 0 bridgehead atoms. The number of amides is 2. The summed E-state index contributed by atoms with van der Waals surface area (Å²) in [5, 5.41) is 0. The van der Waals surface area contributed by atoms with Crippen molar-refractivity contribution in [3.63, 3.8) is 0 Å². The zero-order valence-corrected chi connectivity index (χ0v) is 16.4. The number of benzene rings is 1. The van der Waals surface area contributed by atoms with Crippen LogP contribution in [0.25, 0.3) is 0 Å². The zero-order chi connectivity index (χ0) is 19.9. The van der Waals surface area contributed by atoms with Crippen LogP contribution in [0.3, 0.4) is 0 Å². The number of methoxy groups -OCH3 is 1. The SMILES string of the molecule is COc1ccccc1N(CCC(=O)N1CCN(c2ccccn2)CC1)C(C)=O.